The topological polar surface area (TPSA) is 80.7 Å². The van der Waals surface area contributed by atoms with Crippen molar-refractivity contribution in [1.82, 2.24) is 0 Å². The third-order valence-corrected chi connectivity index (χ3v) is 6.03. The Morgan fingerprint density at radius 2 is 1.97 bits per heavy atom. The quantitative estimate of drug-likeness (QED) is 0.304. The summed E-state index contributed by atoms with van der Waals surface area (Å²) in [4.78, 5) is 34.6. The number of ketones is 1. The van der Waals surface area contributed by atoms with Gasteiger partial charge in [0.25, 0.3) is 0 Å². The van der Waals surface area contributed by atoms with Crippen molar-refractivity contribution < 1.29 is 24.2 Å². The van der Waals surface area contributed by atoms with Crippen molar-refractivity contribution in [2.45, 2.75) is 92.1 Å². The van der Waals surface area contributed by atoms with Crippen LogP contribution in [0.25, 0.3) is 0 Å². The van der Waals surface area contributed by atoms with E-state index in [2.05, 4.69) is 39.8 Å². The van der Waals surface area contributed by atoms with Gasteiger partial charge in [0.2, 0.25) is 0 Å². The van der Waals surface area contributed by atoms with E-state index in [1.54, 1.807) is 0 Å². The normalized spacial score (nSPS) is 23.4. The molecule has 1 saturated carbocycles. The molecular formula is C25H40O5. The third kappa shape index (κ3) is 9.27. The van der Waals surface area contributed by atoms with E-state index < -0.39 is 18.0 Å². The zero-order chi connectivity index (χ0) is 22.7. The zero-order valence-electron chi connectivity index (χ0n) is 19.4. The number of rotatable bonds is 13. The summed E-state index contributed by atoms with van der Waals surface area (Å²) in [6, 6.07) is 0. The van der Waals surface area contributed by atoms with Crippen molar-refractivity contribution in [2.75, 3.05) is 0 Å². The lowest BCUT2D eigenvalue weighted by atomic mass is 9.82. The highest BCUT2D eigenvalue weighted by atomic mass is 16.6. The molecule has 1 aliphatic carbocycles. The van der Waals surface area contributed by atoms with Crippen molar-refractivity contribution in [3.63, 3.8) is 0 Å². The summed E-state index contributed by atoms with van der Waals surface area (Å²) in [7, 11) is 0. The maximum absolute atomic E-state index is 12.5. The Hall–Kier alpha value is -1.91. The van der Waals surface area contributed by atoms with Gasteiger partial charge in [0, 0.05) is 19.3 Å². The Kier molecular flexibility index (Phi) is 11.1. The Labute approximate surface area is 182 Å². The zero-order valence-corrected chi connectivity index (χ0v) is 19.4. The predicted molar refractivity (Wildman–Crippen MR) is 119 cm³/mol. The van der Waals surface area contributed by atoms with E-state index >= 15 is 0 Å². The van der Waals surface area contributed by atoms with Crippen LogP contribution in [0.5, 0.6) is 0 Å². The molecule has 0 aliphatic heterocycles. The van der Waals surface area contributed by atoms with Gasteiger partial charge in [-0.15, -0.1) is 0 Å². The highest BCUT2D eigenvalue weighted by Crippen LogP contribution is 2.38. The second-order valence-corrected chi connectivity index (χ2v) is 9.45. The maximum Gasteiger partial charge on any atom is 0.345 e. The van der Waals surface area contributed by atoms with Gasteiger partial charge in [-0.3, -0.25) is 9.59 Å². The average Bonchev–Trinajstić information content (AvgIpc) is 2.91. The molecule has 0 unspecified atom stereocenters. The van der Waals surface area contributed by atoms with Crippen LogP contribution in [0.3, 0.4) is 0 Å². The van der Waals surface area contributed by atoms with Crippen LogP contribution in [0.2, 0.25) is 0 Å². The molecule has 1 aliphatic rings. The highest BCUT2D eigenvalue weighted by Gasteiger charge is 2.37. The lowest BCUT2D eigenvalue weighted by molar-refractivity contribution is -0.162. The third-order valence-electron chi connectivity index (χ3n) is 6.03. The van der Waals surface area contributed by atoms with Crippen LogP contribution in [0.1, 0.15) is 86.0 Å². The largest absolute Gasteiger partial charge is 0.479 e. The summed E-state index contributed by atoms with van der Waals surface area (Å²) in [6.45, 7) is 10.2. The summed E-state index contributed by atoms with van der Waals surface area (Å²) >= 11 is 0. The molecule has 1 fully saturated rings. The lowest BCUT2D eigenvalue weighted by Gasteiger charge is -2.23. The van der Waals surface area contributed by atoms with Crippen molar-refractivity contribution >= 4 is 17.7 Å². The highest BCUT2D eigenvalue weighted by molar-refractivity contribution is 5.84. The SMILES string of the molecule is CCCCC(C)(C)CC=C[C@@H]1[C@H](C)CC(=O)[C@@H]1CC=CCC[C@@H](OC(C)=O)C(=O)O. The fourth-order valence-corrected chi connectivity index (χ4v) is 4.17. The number of carbonyl (C=O) groups is 3. The van der Waals surface area contributed by atoms with Crippen LogP contribution >= 0.6 is 0 Å². The maximum atomic E-state index is 12.5. The monoisotopic (exact) mass is 420 g/mol. The van der Waals surface area contributed by atoms with Gasteiger partial charge in [-0.1, -0.05) is 64.8 Å². The summed E-state index contributed by atoms with van der Waals surface area (Å²) in [5.74, 6) is -0.802. The van der Waals surface area contributed by atoms with Gasteiger partial charge in [0.05, 0.1) is 0 Å². The molecule has 30 heavy (non-hydrogen) atoms. The first-order chi connectivity index (χ1) is 14.1. The molecule has 0 aromatic carbocycles. The number of ether oxygens (including phenoxy) is 1. The summed E-state index contributed by atoms with van der Waals surface area (Å²) in [6.07, 6.45) is 14.0. The number of carbonyl (C=O) groups excluding carboxylic acids is 2. The lowest BCUT2D eigenvalue weighted by Crippen LogP contribution is -2.25. The molecule has 0 radical (unpaired) electrons. The van der Waals surface area contributed by atoms with E-state index in [0.29, 0.717) is 31.0 Å². The number of hydrogen-bond donors (Lipinski definition) is 1. The number of esters is 1. The van der Waals surface area contributed by atoms with Gasteiger partial charge in [0.15, 0.2) is 6.10 Å². The molecule has 0 saturated heterocycles. The van der Waals surface area contributed by atoms with Crippen molar-refractivity contribution in [3.8, 4) is 0 Å². The van der Waals surface area contributed by atoms with E-state index in [0.717, 1.165) is 6.42 Å². The first-order valence-electron chi connectivity index (χ1n) is 11.3. The van der Waals surface area contributed by atoms with Crippen LogP contribution in [0, 0.1) is 23.2 Å². The van der Waals surface area contributed by atoms with Gasteiger partial charge in [-0.25, -0.2) is 4.79 Å². The second kappa shape index (κ2) is 12.7. The van der Waals surface area contributed by atoms with Crippen molar-refractivity contribution in [3.05, 3.63) is 24.3 Å². The van der Waals surface area contributed by atoms with E-state index in [1.807, 2.05) is 12.2 Å². The molecule has 0 amide bonds. The summed E-state index contributed by atoms with van der Waals surface area (Å²) < 4.78 is 4.80. The van der Waals surface area contributed by atoms with Crippen LogP contribution < -0.4 is 0 Å². The van der Waals surface area contributed by atoms with Gasteiger partial charge in [0.1, 0.15) is 5.78 Å². The van der Waals surface area contributed by atoms with Crippen molar-refractivity contribution in [2.24, 2.45) is 23.2 Å². The first kappa shape index (κ1) is 26.1. The number of carboxylic acids is 1. The number of allylic oxidation sites excluding steroid dienone is 4. The van der Waals surface area contributed by atoms with E-state index in [-0.39, 0.29) is 23.7 Å². The predicted octanol–water partition coefficient (Wildman–Crippen LogP) is 5.73. The molecule has 4 atom stereocenters. The number of unbranched alkanes of at least 4 members (excludes halogenated alkanes) is 1. The molecule has 0 heterocycles. The Bertz CT molecular complexity index is 631. The molecule has 0 aromatic heterocycles. The van der Waals surface area contributed by atoms with E-state index in [4.69, 9.17) is 9.84 Å². The molecule has 0 spiro atoms. The molecule has 5 heteroatoms. The van der Waals surface area contributed by atoms with Crippen molar-refractivity contribution in [1.29, 1.82) is 0 Å². The minimum absolute atomic E-state index is 0.00463. The minimum atomic E-state index is -1.13. The molecule has 5 nitrogen and oxygen atoms in total. The van der Waals surface area contributed by atoms with E-state index in [9.17, 15) is 14.4 Å². The molecule has 170 valence electrons. The Balaban J connectivity index is 2.58. The standard InChI is InChI=1S/C25H40O5/c1-6-7-15-25(4,5)16-11-13-20-18(2)17-22(27)21(20)12-9-8-10-14-23(24(28)29)30-19(3)26/h8-9,11,13,18,20-21,23H,6-7,10,12,14-17H2,1-5H3,(H,28,29)/t18-,20-,21-,23-/m1/s1. The van der Waals surface area contributed by atoms with Gasteiger partial charge >= 0.3 is 11.9 Å². The van der Waals surface area contributed by atoms with Crippen LogP contribution in [-0.2, 0) is 19.1 Å². The van der Waals surface area contributed by atoms with Crippen LogP contribution in [-0.4, -0.2) is 28.9 Å². The summed E-state index contributed by atoms with van der Waals surface area (Å²) in [5.41, 5.74) is 0.288. The minimum Gasteiger partial charge on any atom is -0.479 e. The molecule has 1 N–H and O–H groups in total. The molecule has 0 bridgehead atoms. The Morgan fingerprint density at radius 3 is 2.57 bits per heavy atom. The first-order valence-corrected chi connectivity index (χ1v) is 11.3. The van der Waals surface area contributed by atoms with Crippen LogP contribution in [0.4, 0.5) is 0 Å². The number of aliphatic carboxylic acids is 1. The summed E-state index contributed by atoms with van der Waals surface area (Å²) in [5, 5.41) is 9.08. The van der Waals surface area contributed by atoms with Gasteiger partial charge in [-0.2, -0.15) is 0 Å². The van der Waals surface area contributed by atoms with Gasteiger partial charge in [-0.05, 0) is 49.4 Å². The number of Topliss-reactive ketones (excluding diaryl/α,β-unsaturated/α-hetero) is 1. The van der Waals surface area contributed by atoms with Gasteiger partial charge < -0.3 is 9.84 Å². The smallest absolute Gasteiger partial charge is 0.345 e. The molecule has 1 rings (SSSR count). The molecular weight excluding hydrogens is 380 g/mol. The van der Waals surface area contributed by atoms with Crippen LogP contribution in [0.15, 0.2) is 24.3 Å². The number of carboxylic acid groups (broad SMARTS) is 1. The fourth-order valence-electron chi connectivity index (χ4n) is 4.17. The van der Waals surface area contributed by atoms with E-state index in [1.165, 1.54) is 26.2 Å². The fraction of sp³-hybridized carbons (Fsp3) is 0.720. The second-order valence-electron chi connectivity index (χ2n) is 9.45. The average molecular weight is 421 g/mol. The number of hydrogen-bond acceptors (Lipinski definition) is 4. The Morgan fingerprint density at radius 1 is 1.27 bits per heavy atom. The molecule has 0 aromatic rings.